The topological polar surface area (TPSA) is 79.9 Å². The third-order valence-corrected chi connectivity index (χ3v) is 4.76. The molecule has 1 aliphatic rings. The van der Waals surface area contributed by atoms with E-state index in [2.05, 4.69) is 10.6 Å². The van der Waals surface area contributed by atoms with Crippen LogP contribution in [0, 0.1) is 0 Å². The van der Waals surface area contributed by atoms with Gasteiger partial charge in [-0.2, -0.15) is 0 Å². The average Bonchev–Trinajstić information content (AvgIpc) is 3.25. The van der Waals surface area contributed by atoms with Crippen LogP contribution in [0.25, 0.3) is 0 Å². The summed E-state index contributed by atoms with van der Waals surface area (Å²) in [5, 5.41) is 5.93. The van der Waals surface area contributed by atoms with Gasteiger partial charge in [0.05, 0.1) is 12.6 Å². The average molecular weight is 397 g/mol. The van der Waals surface area contributed by atoms with Gasteiger partial charge in [0.15, 0.2) is 0 Å². The number of ether oxygens (including phenoxy) is 2. The summed E-state index contributed by atoms with van der Waals surface area (Å²) >= 11 is 0. The molecule has 0 bridgehead atoms. The van der Waals surface area contributed by atoms with Crippen LogP contribution in [0.15, 0.2) is 48.5 Å². The predicted molar refractivity (Wildman–Crippen MR) is 114 cm³/mol. The molecule has 2 N–H and O–H groups in total. The lowest BCUT2D eigenvalue weighted by Crippen LogP contribution is -2.23. The van der Waals surface area contributed by atoms with E-state index >= 15 is 0 Å². The molecule has 1 fully saturated rings. The van der Waals surface area contributed by atoms with Crippen LogP contribution < -0.4 is 20.3 Å². The van der Waals surface area contributed by atoms with Crippen LogP contribution in [-0.2, 0) is 14.3 Å². The predicted octanol–water partition coefficient (Wildman–Crippen LogP) is 3.28. The lowest BCUT2D eigenvalue weighted by Gasteiger charge is -2.15. The van der Waals surface area contributed by atoms with E-state index in [-0.39, 0.29) is 24.5 Å². The Hall–Kier alpha value is -3.06. The Bertz CT molecular complexity index is 832. The minimum Gasteiger partial charge on any atom is -0.491 e. The van der Waals surface area contributed by atoms with Crippen molar-refractivity contribution in [2.75, 3.05) is 42.3 Å². The summed E-state index contributed by atoms with van der Waals surface area (Å²) in [6, 6.07) is 14.7. The summed E-state index contributed by atoms with van der Waals surface area (Å²) in [5.74, 6) is 0.535. The van der Waals surface area contributed by atoms with E-state index in [1.165, 1.54) is 6.92 Å². The number of hydrogen-bond donors (Lipinski definition) is 2. The fourth-order valence-electron chi connectivity index (χ4n) is 3.00. The van der Waals surface area contributed by atoms with Crippen LogP contribution in [0.3, 0.4) is 0 Å². The van der Waals surface area contributed by atoms with Crippen molar-refractivity contribution in [3.8, 4) is 5.75 Å². The number of amides is 2. The molecule has 1 saturated heterocycles. The zero-order valence-electron chi connectivity index (χ0n) is 16.8. The van der Waals surface area contributed by atoms with Crippen LogP contribution in [-0.4, -0.2) is 44.7 Å². The number of hydrogen-bond acceptors (Lipinski definition) is 5. The highest BCUT2D eigenvalue weighted by molar-refractivity contribution is 5.95. The van der Waals surface area contributed by atoms with Crippen LogP contribution in [0.5, 0.6) is 5.75 Å². The SMILES string of the molecule is CC(=O)N(C)c1ccc(NC(=O)CNc2cccc(OCC3CCCO3)c2)cc1. The van der Waals surface area contributed by atoms with Crippen LogP contribution in [0.4, 0.5) is 17.1 Å². The minimum atomic E-state index is -0.164. The molecular weight excluding hydrogens is 370 g/mol. The van der Waals surface area contributed by atoms with Gasteiger partial charge in [-0.3, -0.25) is 9.59 Å². The Morgan fingerprint density at radius 1 is 1.17 bits per heavy atom. The minimum absolute atomic E-state index is 0.0482. The van der Waals surface area contributed by atoms with E-state index in [4.69, 9.17) is 9.47 Å². The Balaban J connectivity index is 1.46. The molecule has 0 aliphatic carbocycles. The first-order chi connectivity index (χ1) is 14.0. The number of anilines is 3. The van der Waals surface area contributed by atoms with E-state index in [9.17, 15) is 9.59 Å². The van der Waals surface area contributed by atoms with Crippen LogP contribution >= 0.6 is 0 Å². The van der Waals surface area contributed by atoms with Crippen LogP contribution in [0.2, 0.25) is 0 Å². The third kappa shape index (κ3) is 6.22. The Morgan fingerprint density at radius 3 is 2.66 bits per heavy atom. The molecule has 1 unspecified atom stereocenters. The van der Waals surface area contributed by atoms with Crippen molar-refractivity contribution < 1.29 is 19.1 Å². The fraction of sp³-hybridized carbons (Fsp3) is 0.364. The molecule has 29 heavy (non-hydrogen) atoms. The van der Waals surface area contributed by atoms with Crippen LogP contribution in [0.1, 0.15) is 19.8 Å². The standard InChI is InChI=1S/C22H27N3O4/c1-16(26)25(2)19-10-8-17(9-11-19)24-22(27)14-23-18-5-3-6-20(13-18)29-15-21-7-4-12-28-21/h3,5-6,8-11,13,21,23H,4,7,12,14-15H2,1-2H3,(H,24,27). The Morgan fingerprint density at radius 2 is 1.97 bits per heavy atom. The normalized spacial score (nSPS) is 15.6. The van der Waals surface area contributed by atoms with Gasteiger partial charge in [0.25, 0.3) is 0 Å². The van der Waals surface area contributed by atoms with E-state index in [1.54, 1.807) is 36.2 Å². The summed E-state index contributed by atoms with van der Waals surface area (Å²) in [7, 11) is 1.71. The first-order valence-electron chi connectivity index (χ1n) is 9.74. The van der Waals surface area contributed by atoms with Gasteiger partial charge in [0.1, 0.15) is 12.4 Å². The van der Waals surface area contributed by atoms with Crippen molar-refractivity contribution in [2.45, 2.75) is 25.9 Å². The third-order valence-electron chi connectivity index (χ3n) is 4.76. The Kier molecular flexibility index (Phi) is 7.08. The molecule has 2 amide bonds. The van der Waals surface area contributed by atoms with Gasteiger partial charge in [-0.05, 0) is 49.2 Å². The lowest BCUT2D eigenvalue weighted by atomic mass is 10.2. The zero-order chi connectivity index (χ0) is 20.6. The highest BCUT2D eigenvalue weighted by Crippen LogP contribution is 2.20. The number of nitrogens with one attached hydrogen (secondary N) is 2. The van der Waals surface area contributed by atoms with Gasteiger partial charge in [-0.15, -0.1) is 0 Å². The van der Waals surface area contributed by atoms with Crippen molar-refractivity contribution >= 4 is 28.9 Å². The molecule has 2 aromatic rings. The lowest BCUT2D eigenvalue weighted by molar-refractivity contribution is -0.116. The van der Waals surface area contributed by atoms with Gasteiger partial charge in [0.2, 0.25) is 11.8 Å². The van der Waals surface area contributed by atoms with E-state index in [0.717, 1.165) is 36.6 Å². The van der Waals surface area contributed by atoms with Gasteiger partial charge in [-0.1, -0.05) is 6.07 Å². The molecule has 0 spiro atoms. The number of nitrogens with zero attached hydrogens (tertiary/aromatic N) is 1. The largest absolute Gasteiger partial charge is 0.491 e. The molecule has 154 valence electrons. The second kappa shape index (κ2) is 9.93. The van der Waals surface area contributed by atoms with E-state index < -0.39 is 0 Å². The van der Waals surface area contributed by atoms with Crippen molar-refractivity contribution in [2.24, 2.45) is 0 Å². The highest BCUT2D eigenvalue weighted by Gasteiger charge is 2.16. The van der Waals surface area contributed by atoms with Crippen molar-refractivity contribution in [1.82, 2.24) is 0 Å². The summed E-state index contributed by atoms with van der Waals surface area (Å²) in [4.78, 5) is 25.1. The summed E-state index contributed by atoms with van der Waals surface area (Å²) in [6.07, 6.45) is 2.28. The molecule has 0 saturated carbocycles. The monoisotopic (exact) mass is 397 g/mol. The first-order valence-corrected chi connectivity index (χ1v) is 9.74. The molecule has 0 aromatic heterocycles. The van der Waals surface area contributed by atoms with Gasteiger partial charge < -0.3 is 25.0 Å². The number of carbonyl (C=O) groups is 2. The first kappa shape index (κ1) is 20.7. The maximum Gasteiger partial charge on any atom is 0.243 e. The molecule has 2 aromatic carbocycles. The summed E-state index contributed by atoms with van der Waals surface area (Å²) < 4.78 is 11.3. The molecule has 0 radical (unpaired) electrons. The number of benzene rings is 2. The van der Waals surface area contributed by atoms with E-state index in [0.29, 0.717) is 12.3 Å². The second-order valence-corrected chi connectivity index (χ2v) is 7.00. The second-order valence-electron chi connectivity index (χ2n) is 7.00. The maximum atomic E-state index is 12.2. The van der Waals surface area contributed by atoms with Gasteiger partial charge in [-0.25, -0.2) is 0 Å². The molecular formula is C22H27N3O4. The summed E-state index contributed by atoms with van der Waals surface area (Å²) in [6.45, 7) is 2.98. The van der Waals surface area contributed by atoms with Crippen molar-refractivity contribution in [3.05, 3.63) is 48.5 Å². The van der Waals surface area contributed by atoms with Gasteiger partial charge >= 0.3 is 0 Å². The number of rotatable bonds is 8. The maximum absolute atomic E-state index is 12.2. The molecule has 1 heterocycles. The van der Waals surface area contributed by atoms with Gasteiger partial charge in [0, 0.05) is 43.7 Å². The fourth-order valence-corrected chi connectivity index (χ4v) is 3.00. The molecule has 1 aliphatic heterocycles. The zero-order valence-corrected chi connectivity index (χ0v) is 16.8. The smallest absolute Gasteiger partial charge is 0.243 e. The highest BCUT2D eigenvalue weighted by atomic mass is 16.5. The molecule has 7 nitrogen and oxygen atoms in total. The molecule has 7 heteroatoms. The Labute approximate surface area is 171 Å². The summed E-state index contributed by atoms with van der Waals surface area (Å²) in [5.41, 5.74) is 2.25. The van der Waals surface area contributed by atoms with Crippen molar-refractivity contribution in [1.29, 1.82) is 0 Å². The van der Waals surface area contributed by atoms with E-state index in [1.807, 2.05) is 24.3 Å². The molecule has 3 rings (SSSR count). The van der Waals surface area contributed by atoms with Crippen molar-refractivity contribution in [3.63, 3.8) is 0 Å². The molecule has 1 atom stereocenters. The number of carbonyl (C=O) groups excluding carboxylic acids is 2. The quantitative estimate of drug-likeness (QED) is 0.715.